The highest BCUT2D eigenvalue weighted by atomic mass is 35.5. The third-order valence-electron chi connectivity index (χ3n) is 4.97. The third kappa shape index (κ3) is 3.77. The first-order valence-corrected chi connectivity index (χ1v) is 9.70. The number of ether oxygens (including phenoxy) is 1. The number of methoxy groups -OCH3 is 1. The van der Waals surface area contributed by atoms with Crippen LogP contribution in [0.4, 0.5) is 10.2 Å². The van der Waals surface area contributed by atoms with Gasteiger partial charge in [0, 0.05) is 13.2 Å². The average molecular weight is 449 g/mol. The average Bonchev–Trinajstić information content (AvgIpc) is 3.28. The third-order valence-corrected chi connectivity index (χ3v) is 5.16. The lowest BCUT2D eigenvalue weighted by Gasteiger charge is -2.23. The number of rotatable bonds is 6. The minimum atomic E-state index is -0.539. The first kappa shape index (κ1) is 20.9. The molecule has 0 saturated heterocycles. The molecule has 162 valence electrons. The number of aromatic nitrogens is 4. The van der Waals surface area contributed by atoms with Gasteiger partial charge in [0.25, 0.3) is 11.5 Å². The normalized spacial score (nSPS) is 14.2. The Labute approximate surface area is 180 Å². The molecule has 31 heavy (non-hydrogen) atoms. The molecule has 0 radical (unpaired) electrons. The van der Waals surface area contributed by atoms with Crippen LogP contribution in [0.3, 0.4) is 0 Å². The van der Waals surface area contributed by atoms with Gasteiger partial charge in [-0.1, -0.05) is 11.6 Å². The molecular weight excluding hydrogens is 431 g/mol. The molecule has 0 aliphatic carbocycles. The molecule has 1 aliphatic rings. The van der Waals surface area contributed by atoms with Crippen molar-refractivity contribution in [2.75, 3.05) is 19.0 Å². The van der Waals surface area contributed by atoms with Crippen LogP contribution in [0.25, 0.3) is 5.65 Å². The molecule has 1 atom stereocenters. The number of hydrogen-bond acceptors (Lipinski definition) is 6. The largest absolute Gasteiger partial charge is 0.383 e. The summed E-state index contributed by atoms with van der Waals surface area (Å²) in [6.45, 7) is 1.84. The van der Waals surface area contributed by atoms with E-state index in [1.54, 1.807) is 6.92 Å². The minimum absolute atomic E-state index is 0.0483. The van der Waals surface area contributed by atoms with Crippen LogP contribution in [-0.2, 0) is 22.6 Å². The van der Waals surface area contributed by atoms with Crippen molar-refractivity contribution in [1.82, 2.24) is 24.1 Å². The Bertz CT molecular complexity index is 1240. The summed E-state index contributed by atoms with van der Waals surface area (Å²) < 4.78 is 20.7. The first-order chi connectivity index (χ1) is 14.8. The summed E-state index contributed by atoms with van der Waals surface area (Å²) in [5.74, 6) is -1.32. The van der Waals surface area contributed by atoms with Gasteiger partial charge in [-0.25, -0.2) is 9.37 Å². The lowest BCUT2D eigenvalue weighted by molar-refractivity contribution is -0.116. The van der Waals surface area contributed by atoms with Crippen molar-refractivity contribution in [3.8, 4) is 0 Å². The van der Waals surface area contributed by atoms with E-state index in [0.717, 1.165) is 16.8 Å². The van der Waals surface area contributed by atoms with Crippen molar-refractivity contribution in [3.05, 3.63) is 57.0 Å². The molecule has 0 fully saturated rings. The summed E-state index contributed by atoms with van der Waals surface area (Å²) in [5.41, 5.74) is 0.0342. The highest BCUT2D eigenvalue weighted by molar-refractivity contribution is 6.29. The van der Waals surface area contributed by atoms with Crippen LogP contribution < -0.4 is 10.9 Å². The zero-order valence-electron chi connectivity index (χ0n) is 16.6. The predicted molar refractivity (Wildman–Crippen MR) is 108 cm³/mol. The molecule has 10 nitrogen and oxygen atoms in total. The van der Waals surface area contributed by atoms with E-state index < -0.39 is 23.2 Å². The number of nitrogens with zero attached hydrogens (tertiary/aromatic N) is 5. The van der Waals surface area contributed by atoms with Crippen molar-refractivity contribution >= 4 is 34.9 Å². The molecule has 0 bridgehead atoms. The Hall–Kier alpha value is -3.31. The van der Waals surface area contributed by atoms with Gasteiger partial charge in [-0.15, -0.1) is 0 Å². The molecule has 0 spiro atoms. The van der Waals surface area contributed by atoms with Gasteiger partial charge in [-0.2, -0.15) is 9.61 Å². The molecule has 1 aliphatic heterocycles. The van der Waals surface area contributed by atoms with Gasteiger partial charge in [-0.3, -0.25) is 14.4 Å². The fourth-order valence-corrected chi connectivity index (χ4v) is 3.75. The van der Waals surface area contributed by atoms with E-state index in [2.05, 4.69) is 15.4 Å². The van der Waals surface area contributed by atoms with Crippen molar-refractivity contribution < 1.29 is 18.7 Å². The number of pyridine rings is 1. The van der Waals surface area contributed by atoms with Gasteiger partial charge >= 0.3 is 0 Å². The number of amides is 2. The topological polar surface area (TPSA) is 111 Å². The van der Waals surface area contributed by atoms with E-state index in [4.69, 9.17) is 16.3 Å². The zero-order valence-corrected chi connectivity index (χ0v) is 17.4. The van der Waals surface area contributed by atoms with Gasteiger partial charge in [0.2, 0.25) is 5.91 Å². The molecule has 0 unspecified atom stereocenters. The minimum Gasteiger partial charge on any atom is -0.383 e. The van der Waals surface area contributed by atoms with Crippen LogP contribution in [0.1, 0.15) is 23.0 Å². The molecule has 1 N–H and O–H groups in total. The SMILES string of the molecule is COC[C@H](C)N1Cc2c(n(CC(=O)Nc3ccc(F)cn3)c3cc(Cl)nn3c2=O)C1=O. The second-order valence-corrected chi connectivity index (χ2v) is 7.49. The Balaban J connectivity index is 1.75. The van der Waals surface area contributed by atoms with Crippen LogP contribution in [0.15, 0.2) is 29.2 Å². The smallest absolute Gasteiger partial charge is 0.280 e. The van der Waals surface area contributed by atoms with E-state index >= 15 is 0 Å². The number of anilines is 1. The Morgan fingerprint density at radius 1 is 1.39 bits per heavy atom. The van der Waals surface area contributed by atoms with Gasteiger partial charge in [0.05, 0.1) is 31.0 Å². The van der Waals surface area contributed by atoms with Gasteiger partial charge < -0.3 is 19.5 Å². The summed E-state index contributed by atoms with van der Waals surface area (Å²) in [6.07, 6.45) is 0.972. The Kier molecular flexibility index (Phi) is 5.46. The summed E-state index contributed by atoms with van der Waals surface area (Å²) in [5, 5.41) is 6.58. The van der Waals surface area contributed by atoms with E-state index in [-0.39, 0.29) is 53.6 Å². The molecule has 0 aromatic carbocycles. The summed E-state index contributed by atoms with van der Waals surface area (Å²) in [7, 11) is 1.52. The van der Waals surface area contributed by atoms with E-state index in [9.17, 15) is 18.8 Å². The monoisotopic (exact) mass is 448 g/mol. The van der Waals surface area contributed by atoms with Gasteiger partial charge in [-0.05, 0) is 19.1 Å². The maximum atomic E-state index is 13.2. The van der Waals surface area contributed by atoms with Gasteiger partial charge in [0.1, 0.15) is 29.5 Å². The Morgan fingerprint density at radius 3 is 2.84 bits per heavy atom. The van der Waals surface area contributed by atoms with Crippen LogP contribution in [0.2, 0.25) is 5.15 Å². The van der Waals surface area contributed by atoms with E-state index in [1.807, 2.05) is 0 Å². The van der Waals surface area contributed by atoms with Gasteiger partial charge in [0.15, 0.2) is 5.15 Å². The van der Waals surface area contributed by atoms with Crippen molar-refractivity contribution in [1.29, 1.82) is 0 Å². The number of carbonyl (C=O) groups excluding carboxylic acids is 2. The number of carbonyl (C=O) groups is 2. The molecule has 0 saturated carbocycles. The number of hydrogen-bond donors (Lipinski definition) is 1. The Morgan fingerprint density at radius 2 is 2.16 bits per heavy atom. The first-order valence-electron chi connectivity index (χ1n) is 9.32. The van der Waals surface area contributed by atoms with E-state index in [1.165, 1.54) is 28.7 Å². The van der Waals surface area contributed by atoms with Crippen molar-refractivity contribution in [2.45, 2.75) is 26.1 Å². The maximum Gasteiger partial charge on any atom is 0.280 e. The number of fused-ring (bicyclic) bond motifs is 2. The van der Waals surface area contributed by atoms with Crippen molar-refractivity contribution in [3.63, 3.8) is 0 Å². The molecule has 3 aromatic rings. The van der Waals surface area contributed by atoms with Crippen LogP contribution in [-0.4, -0.2) is 55.6 Å². The molecule has 12 heteroatoms. The standard InChI is InChI=1S/C19H18ClFN6O4/c1-10(9-31-2)25-7-12-17(19(25)30)26(16-5-13(20)24-27(16)18(12)29)8-15(28)23-14-4-3-11(21)6-22-14/h3-6,10H,7-9H2,1-2H3,(H,22,23,28)/t10-/m0/s1. The highest BCUT2D eigenvalue weighted by Crippen LogP contribution is 2.25. The number of nitrogens with one attached hydrogen (secondary N) is 1. The molecule has 4 rings (SSSR count). The summed E-state index contributed by atoms with van der Waals surface area (Å²) >= 11 is 5.99. The quantitative estimate of drug-likeness (QED) is 0.608. The zero-order chi connectivity index (χ0) is 22.3. The summed E-state index contributed by atoms with van der Waals surface area (Å²) in [4.78, 5) is 44.1. The predicted octanol–water partition coefficient (Wildman–Crippen LogP) is 1.31. The lowest BCUT2D eigenvalue weighted by Crippen LogP contribution is -2.37. The number of halogens is 2. The lowest BCUT2D eigenvalue weighted by atomic mass is 10.2. The van der Waals surface area contributed by atoms with Crippen LogP contribution in [0.5, 0.6) is 0 Å². The fraction of sp³-hybridized carbons (Fsp3) is 0.316. The van der Waals surface area contributed by atoms with Crippen molar-refractivity contribution in [2.24, 2.45) is 0 Å². The summed E-state index contributed by atoms with van der Waals surface area (Å²) in [6, 6.07) is 3.59. The fourth-order valence-electron chi connectivity index (χ4n) is 3.58. The van der Waals surface area contributed by atoms with Crippen LogP contribution >= 0.6 is 11.6 Å². The highest BCUT2D eigenvalue weighted by Gasteiger charge is 2.37. The maximum absolute atomic E-state index is 13.2. The molecular formula is C19H18ClFN6O4. The molecule has 3 aromatic heterocycles. The second-order valence-electron chi connectivity index (χ2n) is 7.10. The molecule has 4 heterocycles. The van der Waals surface area contributed by atoms with Crippen LogP contribution in [0, 0.1) is 5.82 Å². The van der Waals surface area contributed by atoms with E-state index in [0.29, 0.717) is 0 Å². The molecule has 2 amide bonds. The second kappa shape index (κ2) is 8.08.